The average Bonchev–Trinajstić information content (AvgIpc) is 2.55. The highest BCUT2D eigenvalue weighted by Gasteiger charge is 2.05. The van der Waals surface area contributed by atoms with Gasteiger partial charge < -0.3 is 14.6 Å². The fourth-order valence-corrected chi connectivity index (χ4v) is 1.78. The number of phenolic OH excluding ortho intramolecular Hbond substituents is 1. The number of phenols is 1. The van der Waals surface area contributed by atoms with E-state index in [9.17, 15) is 9.90 Å². The number of benzene rings is 2. The maximum absolute atomic E-state index is 11.8. The molecule has 0 spiro atoms. The molecule has 0 aliphatic carbocycles. The van der Waals surface area contributed by atoms with Crippen LogP contribution in [0.15, 0.2) is 47.6 Å². The Bertz CT molecular complexity index is 681. The summed E-state index contributed by atoms with van der Waals surface area (Å²) in [6, 6.07) is 11.2. The Morgan fingerprint density at radius 3 is 2.41 bits per heavy atom. The summed E-state index contributed by atoms with van der Waals surface area (Å²) in [6.45, 7) is 0. The van der Waals surface area contributed by atoms with Crippen molar-refractivity contribution in [1.29, 1.82) is 0 Å². The Balaban J connectivity index is 2.03. The van der Waals surface area contributed by atoms with E-state index in [0.717, 1.165) is 5.56 Å². The summed E-state index contributed by atoms with van der Waals surface area (Å²) in [6.07, 6.45) is 1.50. The van der Waals surface area contributed by atoms with E-state index >= 15 is 0 Å². The van der Waals surface area contributed by atoms with Crippen molar-refractivity contribution in [3.8, 4) is 17.2 Å². The lowest BCUT2D eigenvalue weighted by Crippen LogP contribution is -2.17. The predicted octanol–water partition coefficient (Wildman–Crippen LogP) is 2.17. The number of nitrogens with one attached hydrogen (secondary N) is 1. The van der Waals surface area contributed by atoms with Crippen LogP contribution in [0.1, 0.15) is 15.9 Å². The molecule has 2 aromatic carbocycles. The molecule has 114 valence electrons. The molecule has 0 fully saturated rings. The molecule has 0 unspecified atom stereocenters. The highest BCUT2D eigenvalue weighted by molar-refractivity contribution is 5.95. The molecule has 0 heterocycles. The quantitative estimate of drug-likeness (QED) is 0.655. The Labute approximate surface area is 128 Å². The summed E-state index contributed by atoms with van der Waals surface area (Å²) in [5, 5.41) is 13.1. The third-order valence-corrected chi connectivity index (χ3v) is 2.92. The summed E-state index contributed by atoms with van der Waals surface area (Å²) in [5.74, 6) is 0.936. The molecule has 0 saturated carbocycles. The van der Waals surface area contributed by atoms with Crippen molar-refractivity contribution in [2.24, 2.45) is 5.10 Å². The number of aromatic hydroxyl groups is 1. The van der Waals surface area contributed by atoms with Crippen molar-refractivity contribution in [3.63, 3.8) is 0 Å². The van der Waals surface area contributed by atoms with Crippen molar-refractivity contribution in [2.75, 3.05) is 14.2 Å². The monoisotopic (exact) mass is 300 g/mol. The van der Waals surface area contributed by atoms with Crippen LogP contribution in [0.25, 0.3) is 0 Å². The molecule has 0 aliphatic heterocycles. The van der Waals surface area contributed by atoms with Gasteiger partial charge in [0.25, 0.3) is 5.91 Å². The second-order valence-corrected chi connectivity index (χ2v) is 4.36. The van der Waals surface area contributed by atoms with E-state index in [1.165, 1.54) is 30.5 Å². The fraction of sp³-hybridized carbons (Fsp3) is 0.125. The molecule has 0 atom stereocenters. The van der Waals surface area contributed by atoms with Crippen LogP contribution in [0, 0.1) is 0 Å². The van der Waals surface area contributed by atoms with E-state index in [-0.39, 0.29) is 11.7 Å². The molecule has 2 aromatic rings. The van der Waals surface area contributed by atoms with E-state index < -0.39 is 0 Å². The number of methoxy groups -OCH3 is 2. The molecular formula is C16H16N2O4. The molecule has 1 amide bonds. The van der Waals surface area contributed by atoms with Crippen molar-refractivity contribution in [2.45, 2.75) is 0 Å². The molecule has 0 saturated heterocycles. The topological polar surface area (TPSA) is 80.2 Å². The van der Waals surface area contributed by atoms with Gasteiger partial charge in [-0.1, -0.05) is 0 Å². The van der Waals surface area contributed by atoms with Crippen LogP contribution in [0.5, 0.6) is 17.2 Å². The van der Waals surface area contributed by atoms with E-state index in [1.807, 2.05) is 0 Å². The van der Waals surface area contributed by atoms with Crippen molar-refractivity contribution in [3.05, 3.63) is 53.6 Å². The highest BCUT2D eigenvalue weighted by Crippen LogP contribution is 2.26. The van der Waals surface area contributed by atoms with Crippen LogP contribution < -0.4 is 14.9 Å². The van der Waals surface area contributed by atoms with Gasteiger partial charge >= 0.3 is 0 Å². The van der Waals surface area contributed by atoms with Crippen LogP contribution in [0.2, 0.25) is 0 Å². The normalized spacial score (nSPS) is 10.5. The van der Waals surface area contributed by atoms with E-state index in [4.69, 9.17) is 9.47 Å². The number of hydrogen-bond donors (Lipinski definition) is 2. The van der Waals surface area contributed by atoms with E-state index in [0.29, 0.717) is 17.1 Å². The van der Waals surface area contributed by atoms with Gasteiger partial charge in [-0.2, -0.15) is 5.10 Å². The van der Waals surface area contributed by atoms with Gasteiger partial charge in [0, 0.05) is 5.56 Å². The van der Waals surface area contributed by atoms with Crippen LogP contribution in [0.3, 0.4) is 0 Å². The van der Waals surface area contributed by atoms with Crippen LogP contribution in [0.4, 0.5) is 0 Å². The lowest BCUT2D eigenvalue weighted by atomic mass is 10.2. The van der Waals surface area contributed by atoms with Gasteiger partial charge in [-0.3, -0.25) is 4.79 Å². The van der Waals surface area contributed by atoms with Gasteiger partial charge in [0.15, 0.2) is 11.5 Å². The van der Waals surface area contributed by atoms with Crippen LogP contribution in [-0.4, -0.2) is 31.4 Å². The molecule has 2 rings (SSSR count). The number of rotatable bonds is 5. The van der Waals surface area contributed by atoms with Crippen molar-refractivity contribution >= 4 is 12.1 Å². The van der Waals surface area contributed by atoms with Crippen LogP contribution >= 0.6 is 0 Å². The largest absolute Gasteiger partial charge is 0.508 e. The molecule has 2 N–H and O–H groups in total. The lowest BCUT2D eigenvalue weighted by molar-refractivity contribution is 0.0955. The zero-order valence-electron chi connectivity index (χ0n) is 12.2. The molecule has 0 radical (unpaired) electrons. The number of amides is 1. The molecular weight excluding hydrogens is 284 g/mol. The third kappa shape index (κ3) is 3.76. The predicted molar refractivity (Wildman–Crippen MR) is 82.7 cm³/mol. The molecule has 0 bridgehead atoms. The Kier molecular flexibility index (Phi) is 4.98. The zero-order chi connectivity index (χ0) is 15.9. The lowest BCUT2D eigenvalue weighted by Gasteiger charge is -2.07. The number of nitrogens with zero attached hydrogens (tertiary/aromatic N) is 1. The fourth-order valence-electron chi connectivity index (χ4n) is 1.78. The summed E-state index contributed by atoms with van der Waals surface area (Å²) in [5.41, 5.74) is 3.57. The number of carbonyl (C=O) groups excluding carboxylic acids is 1. The first-order valence-corrected chi connectivity index (χ1v) is 6.48. The van der Waals surface area contributed by atoms with Gasteiger partial charge in [-0.15, -0.1) is 0 Å². The SMILES string of the molecule is COc1ccc(/C=N/NC(=O)c2ccc(O)cc2)cc1OC. The minimum atomic E-state index is -0.364. The molecule has 22 heavy (non-hydrogen) atoms. The van der Waals surface area contributed by atoms with E-state index in [1.54, 1.807) is 32.4 Å². The Hall–Kier alpha value is -3.02. The standard InChI is InChI=1S/C16H16N2O4/c1-21-14-8-3-11(9-15(14)22-2)10-17-18-16(20)12-4-6-13(19)7-5-12/h3-10,19H,1-2H3,(H,18,20)/b17-10+. The van der Waals surface area contributed by atoms with Gasteiger partial charge in [0.2, 0.25) is 0 Å². The maximum Gasteiger partial charge on any atom is 0.271 e. The first kappa shape index (κ1) is 15.4. The smallest absolute Gasteiger partial charge is 0.271 e. The van der Waals surface area contributed by atoms with E-state index in [2.05, 4.69) is 10.5 Å². The Morgan fingerprint density at radius 2 is 1.77 bits per heavy atom. The molecule has 6 heteroatoms. The highest BCUT2D eigenvalue weighted by atomic mass is 16.5. The van der Waals surface area contributed by atoms with Gasteiger partial charge in [0.1, 0.15) is 5.75 Å². The number of hydrazone groups is 1. The van der Waals surface area contributed by atoms with Gasteiger partial charge in [0.05, 0.1) is 20.4 Å². The van der Waals surface area contributed by atoms with Crippen LogP contribution in [-0.2, 0) is 0 Å². The van der Waals surface area contributed by atoms with Gasteiger partial charge in [-0.05, 0) is 48.0 Å². The van der Waals surface area contributed by atoms with Crippen molar-refractivity contribution < 1.29 is 19.4 Å². The van der Waals surface area contributed by atoms with Crippen molar-refractivity contribution in [1.82, 2.24) is 5.43 Å². The number of hydrogen-bond acceptors (Lipinski definition) is 5. The number of ether oxygens (including phenoxy) is 2. The molecule has 0 aromatic heterocycles. The van der Waals surface area contributed by atoms with Gasteiger partial charge in [-0.25, -0.2) is 5.43 Å². The minimum absolute atomic E-state index is 0.102. The first-order chi connectivity index (χ1) is 10.6. The first-order valence-electron chi connectivity index (χ1n) is 6.48. The minimum Gasteiger partial charge on any atom is -0.508 e. The average molecular weight is 300 g/mol. The number of carbonyl (C=O) groups is 1. The second kappa shape index (κ2) is 7.12. The molecule has 0 aliphatic rings. The third-order valence-electron chi connectivity index (χ3n) is 2.92. The Morgan fingerprint density at radius 1 is 1.09 bits per heavy atom. The molecule has 6 nitrogen and oxygen atoms in total. The summed E-state index contributed by atoms with van der Waals surface area (Å²) in [7, 11) is 3.11. The summed E-state index contributed by atoms with van der Waals surface area (Å²) >= 11 is 0. The zero-order valence-corrected chi connectivity index (χ0v) is 12.2. The summed E-state index contributed by atoms with van der Waals surface area (Å²) in [4.78, 5) is 11.8. The summed E-state index contributed by atoms with van der Waals surface area (Å²) < 4.78 is 10.3. The maximum atomic E-state index is 11.8. The second-order valence-electron chi connectivity index (χ2n) is 4.36.